The molecule has 0 spiro atoms. The Hall–Kier alpha value is -0.860. The van der Waals surface area contributed by atoms with Gasteiger partial charge in [-0.25, -0.2) is 0 Å². The van der Waals surface area contributed by atoms with Gasteiger partial charge in [0, 0.05) is 17.6 Å². The highest BCUT2D eigenvalue weighted by Gasteiger charge is 2.43. The lowest BCUT2D eigenvalue weighted by atomic mass is 9.82. The average molecular weight is 216 g/mol. The molecule has 0 aliphatic carbocycles. The smallest absolute Gasteiger partial charge is 0.0239 e. The van der Waals surface area contributed by atoms with Crippen LogP contribution in [-0.4, -0.2) is 17.6 Å². The lowest BCUT2D eigenvalue weighted by molar-refractivity contribution is 0.249. The zero-order valence-electron chi connectivity index (χ0n) is 9.65. The molecule has 0 unspecified atom stereocenters. The van der Waals surface area contributed by atoms with Crippen LogP contribution >= 0.6 is 0 Å². The highest BCUT2D eigenvalue weighted by molar-refractivity contribution is 5.20. The fourth-order valence-corrected chi connectivity index (χ4v) is 3.51. The second-order valence-corrected chi connectivity index (χ2v) is 5.52. The van der Waals surface area contributed by atoms with Gasteiger partial charge in [0.05, 0.1) is 0 Å². The van der Waals surface area contributed by atoms with E-state index in [1.807, 2.05) is 0 Å². The molecule has 1 aromatic carbocycles. The Kier molecular flexibility index (Phi) is 2.49. The maximum atomic E-state index is 6.15. The Morgan fingerprint density at radius 3 is 2.94 bits per heavy atom. The largest absolute Gasteiger partial charge is 0.328 e. The van der Waals surface area contributed by atoms with E-state index in [0.29, 0.717) is 17.6 Å². The molecule has 0 saturated carbocycles. The lowest BCUT2D eigenvalue weighted by Gasteiger charge is -2.38. The predicted octanol–water partition coefficient (Wildman–Crippen LogP) is 1.84. The number of nitrogens with one attached hydrogen (secondary N) is 1. The number of hydrogen-bond donors (Lipinski definition) is 2. The van der Waals surface area contributed by atoms with E-state index in [9.17, 15) is 0 Å². The summed E-state index contributed by atoms with van der Waals surface area (Å²) >= 11 is 0. The van der Waals surface area contributed by atoms with Gasteiger partial charge in [-0.1, -0.05) is 30.3 Å². The van der Waals surface area contributed by atoms with Crippen LogP contribution in [0.3, 0.4) is 0 Å². The molecule has 2 fully saturated rings. The van der Waals surface area contributed by atoms with Crippen LogP contribution in [0.2, 0.25) is 0 Å². The fraction of sp³-hybridized carbons (Fsp3) is 0.571. The van der Waals surface area contributed by atoms with Crippen molar-refractivity contribution in [3.63, 3.8) is 0 Å². The van der Waals surface area contributed by atoms with Gasteiger partial charge in [0.25, 0.3) is 0 Å². The van der Waals surface area contributed by atoms with Gasteiger partial charge >= 0.3 is 0 Å². The number of nitrogens with two attached hydrogens (primary N) is 1. The Bertz CT molecular complexity index is 362. The van der Waals surface area contributed by atoms with E-state index in [2.05, 4.69) is 35.6 Å². The first-order valence-electron chi connectivity index (χ1n) is 6.33. The first-order chi connectivity index (χ1) is 7.76. The molecule has 0 amide bonds. The van der Waals surface area contributed by atoms with Crippen LogP contribution in [0.4, 0.5) is 0 Å². The molecule has 2 aliphatic heterocycles. The van der Waals surface area contributed by atoms with Crippen molar-refractivity contribution in [1.29, 1.82) is 0 Å². The molecule has 2 nitrogen and oxygen atoms in total. The monoisotopic (exact) mass is 216 g/mol. The van der Waals surface area contributed by atoms with Crippen molar-refractivity contribution in [2.24, 2.45) is 5.73 Å². The molecule has 3 rings (SSSR count). The van der Waals surface area contributed by atoms with E-state index in [1.54, 1.807) is 0 Å². The van der Waals surface area contributed by atoms with E-state index in [0.717, 1.165) is 19.3 Å². The number of piperidine rings is 1. The van der Waals surface area contributed by atoms with Crippen molar-refractivity contribution in [1.82, 2.24) is 5.32 Å². The molecule has 16 heavy (non-hydrogen) atoms. The molecule has 2 saturated heterocycles. The Labute approximate surface area is 97.2 Å². The van der Waals surface area contributed by atoms with Crippen molar-refractivity contribution in [3.05, 3.63) is 35.9 Å². The van der Waals surface area contributed by atoms with Crippen molar-refractivity contribution < 1.29 is 0 Å². The number of hydrogen-bond acceptors (Lipinski definition) is 2. The molecule has 2 heteroatoms. The molecular weight excluding hydrogens is 196 g/mol. The summed E-state index contributed by atoms with van der Waals surface area (Å²) in [5.74, 6) is 0. The van der Waals surface area contributed by atoms with Gasteiger partial charge in [-0.3, -0.25) is 0 Å². The minimum atomic E-state index is 0.295. The second kappa shape index (κ2) is 3.86. The van der Waals surface area contributed by atoms with Crippen LogP contribution in [-0.2, 0) is 6.42 Å². The molecule has 2 heterocycles. The topological polar surface area (TPSA) is 38.0 Å². The first-order valence-corrected chi connectivity index (χ1v) is 6.33. The third-order valence-electron chi connectivity index (χ3n) is 4.11. The normalized spacial score (nSPS) is 37.6. The van der Waals surface area contributed by atoms with Crippen molar-refractivity contribution in [3.8, 4) is 0 Å². The van der Waals surface area contributed by atoms with Gasteiger partial charge in [-0.2, -0.15) is 0 Å². The SMILES string of the molecule is N[C@H]1C[C@@H]2CC[C@](Cc3ccccc3)(C1)N2. The van der Waals surface area contributed by atoms with Crippen molar-refractivity contribution in [2.45, 2.75) is 49.7 Å². The molecule has 3 atom stereocenters. The number of benzene rings is 1. The zero-order valence-corrected chi connectivity index (χ0v) is 9.65. The lowest BCUT2D eigenvalue weighted by Crippen LogP contribution is -2.54. The molecule has 0 aromatic heterocycles. The second-order valence-electron chi connectivity index (χ2n) is 5.52. The summed E-state index contributed by atoms with van der Waals surface area (Å²) in [6.45, 7) is 0. The van der Waals surface area contributed by atoms with Gasteiger partial charge in [-0.05, 0) is 37.7 Å². The number of fused-ring (bicyclic) bond motifs is 2. The summed E-state index contributed by atoms with van der Waals surface area (Å²) in [6, 6.07) is 11.9. The van der Waals surface area contributed by atoms with Crippen molar-refractivity contribution in [2.75, 3.05) is 0 Å². The predicted molar refractivity (Wildman–Crippen MR) is 66.2 cm³/mol. The molecule has 3 N–H and O–H groups in total. The minimum absolute atomic E-state index is 0.295. The molecular formula is C14H20N2. The van der Waals surface area contributed by atoms with E-state index in [-0.39, 0.29) is 0 Å². The summed E-state index contributed by atoms with van der Waals surface area (Å²) in [4.78, 5) is 0. The van der Waals surface area contributed by atoms with Gasteiger partial charge < -0.3 is 11.1 Å². The summed E-state index contributed by atoms with van der Waals surface area (Å²) < 4.78 is 0. The molecule has 86 valence electrons. The van der Waals surface area contributed by atoms with Crippen LogP contribution in [0.15, 0.2) is 30.3 Å². The Balaban J connectivity index is 1.79. The minimum Gasteiger partial charge on any atom is -0.328 e. The van der Waals surface area contributed by atoms with Crippen molar-refractivity contribution >= 4 is 0 Å². The number of rotatable bonds is 2. The van der Waals surface area contributed by atoms with Crippen LogP contribution < -0.4 is 11.1 Å². The summed E-state index contributed by atoms with van der Waals surface area (Å²) in [7, 11) is 0. The van der Waals surface area contributed by atoms with Gasteiger partial charge in [0.1, 0.15) is 0 Å². The molecule has 2 aliphatic rings. The Morgan fingerprint density at radius 1 is 1.31 bits per heavy atom. The highest BCUT2D eigenvalue weighted by atomic mass is 15.1. The van der Waals surface area contributed by atoms with E-state index < -0.39 is 0 Å². The van der Waals surface area contributed by atoms with Crippen LogP contribution in [0.25, 0.3) is 0 Å². The highest BCUT2D eigenvalue weighted by Crippen LogP contribution is 2.37. The average Bonchev–Trinajstić information content (AvgIpc) is 2.55. The van der Waals surface area contributed by atoms with Gasteiger partial charge in [-0.15, -0.1) is 0 Å². The Morgan fingerprint density at radius 2 is 2.12 bits per heavy atom. The van der Waals surface area contributed by atoms with Crippen LogP contribution in [0.5, 0.6) is 0 Å². The van der Waals surface area contributed by atoms with E-state index in [4.69, 9.17) is 5.73 Å². The maximum absolute atomic E-state index is 6.15. The first kappa shape index (κ1) is 10.3. The zero-order chi connectivity index (χ0) is 11.0. The van der Waals surface area contributed by atoms with E-state index in [1.165, 1.54) is 18.4 Å². The van der Waals surface area contributed by atoms with Gasteiger partial charge in [0.15, 0.2) is 0 Å². The third kappa shape index (κ3) is 1.87. The fourth-order valence-electron chi connectivity index (χ4n) is 3.51. The molecule has 0 radical (unpaired) electrons. The van der Waals surface area contributed by atoms with E-state index >= 15 is 0 Å². The molecule has 1 aromatic rings. The quantitative estimate of drug-likeness (QED) is 0.791. The summed E-state index contributed by atoms with van der Waals surface area (Å²) in [5, 5.41) is 3.80. The maximum Gasteiger partial charge on any atom is 0.0239 e. The summed E-state index contributed by atoms with van der Waals surface area (Å²) in [5.41, 5.74) is 7.88. The van der Waals surface area contributed by atoms with Crippen LogP contribution in [0.1, 0.15) is 31.2 Å². The third-order valence-corrected chi connectivity index (χ3v) is 4.11. The van der Waals surface area contributed by atoms with Crippen LogP contribution in [0, 0.1) is 0 Å². The standard InChI is InChI=1S/C14H20N2/c15-12-8-13-6-7-14(10-12,16-13)9-11-4-2-1-3-5-11/h1-5,12-13,16H,6-10,15H2/t12-,13-,14-/m0/s1. The van der Waals surface area contributed by atoms with Gasteiger partial charge in [0.2, 0.25) is 0 Å². The summed E-state index contributed by atoms with van der Waals surface area (Å²) in [6.07, 6.45) is 6.04. The molecule has 2 bridgehead atoms.